The minimum Gasteiger partial charge on any atom is -0.496 e. The van der Waals surface area contributed by atoms with Crippen LogP contribution in [0.25, 0.3) is 10.9 Å². The van der Waals surface area contributed by atoms with Crippen molar-refractivity contribution in [2.75, 3.05) is 26.9 Å². The average molecular weight is 545 g/mol. The standard InChI is InChI=1S/C27H36N4O8/c1-5-38-27(36)39-14-22(32)19(12-16-9-10-28-24(16)33)30-25(34)20(11-15(2)3)31-26(35)21-13-17-18(29-21)7-6-8-23(17)37-4/h6-8,13,15-16,19-20,29H,5,9-12,14H2,1-4H3,(H,28,33)(H,30,34)(H,31,35)/t16-,19-,20-/m0/s1. The van der Waals surface area contributed by atoms with Crippen molar-refractivity contribution in [1.82, 2.24) is 20.9 Å². The predicted molar refractivity (Wildman–Crippen MR) is 141 cm³/mol. The summed E-state index contributed by atoms with van der Waals surface area (Å²) in [4.78, 5) is 66.2. The van der Waals surface area contributed by atoms with Crippen molar-refractivity contribution in [3.05, 3.63) is 30.0 Å². The normalized spacial score (nSPS) is 16.3. The van der Waals surface area contributed by atoms with Gasteiger partial charge in [-0.15, -0.1) is 0 Å². The highest BCUT2D eigenvalue weighted by Crippen LogP contribution is 2.26. The second-order valence-corrected chi connectivity index (χ2v) is 9.77. The number of amides is 3. The molecule has 4 N–H and O–H groups in total. The van der Waals surface area contributed by atoms with Gasteiger partial charge in [0.15, 0.2) is 12.4 Å². The van der Waals surface area contributed by atoms with Gasteiger partial charge in [-0.2, -0.15) is 0 Å². The lowest BCUT2D eigenvalue weighted by Gasteiger charge is -2.25. The Bertz CT molecular complexity index is 1210. The van der Waals surface area contributed by atoms with Crippen LogP contribution in [0.15, 0.2) is 24.3 Å². The first kappa shape index (κ1) is 29.5. The molecule has 0 bridgehead atoms. The second-order valence-electron chi connectivity index (χ2n) is 9.77. The van der Waals surface area contributed by atoms with Gasteiger partial charge in [0, 0.05) is 23.4 Å². The van der Waals surface area contributed by atoms with Crippen LogP contribution in [0.2, 0.25) is 0 Å². The molecule has 1 saturated heterocycles. The molecule has 1 aliphatic heterocycles. The SMILES string of the molecule is CCOC(=O)OCC(=O)[C@H](C[C@@H]1CCNC1=O)NC(=O)[C@H](CC(C)C)NC(=O)c1cc2c(OC)cccc2[nH]1. The van der Waals surface area contributed by atoms with Gasteiger partial charge in [-0.1, -0.05) is 19.9 Å². The summed E-state index contributed by atoms with van der Waals surface area (Å²) in [5.74, 6) is -1.74. The Labute approximate surface area is 226 Å². The lowest BCUT2D eigenvalue weighted by Crippen LogP contribution is -2.53. The number of hydrogen-bond donors (Lipinski definition) is 4. The molecule has 0 spiro atoms. The number of ketones is 1. The van der Waals surface area contributed by atoms with E-state index in [0.29, 0.717) is 30.7 Å². The first-order valence-electron chi connectivity index (χ1n) is 13.0. The van der Waals surface area contributed by atoms with E-state index in [9.17, 15) is 24.0 Å². The molecule has 39 heavy (non-hydrogen) atoms. The highest BCUT2D eigenvalue weighted by Gasteiger charge is 2.34. The fourth-order valence-corrected chi connectivity index (χ4v) is 4.45. The van der Waals surface area contributed by atoms with Crippen molar-refractivity contribution in [2.24, 2.45) is 11.8 Å². The molecule has 1 aromatic carbocycles. The summed E-state index contributed by atoms with van der Waals surface area (Å²) in [7, 11) is 1.54. The van der Waals surface area contributed by atoms with Crippen LogP contribution in [0.1, 0.15) is 50.5 Å². The first-order valence-corrected chi connectivity index (χ1v) is 13.0. The maximum atomic E-state index is 13.4. The number of Topliss-reactive ketones (excluding diaryl/α,β-unsaturated/α-hetero) is 1. The number of aromatic amines is 1. The summed E-state index contributed by atoms with van der Waals surface area (Å²) in [6.45, 7) is 5.32. The average Bonchev–Trinajstić information content (AvgIpc) is 3.52. The molecule has 3 amide bonds. The van der Waals surface area contributed by atoms with E-state index in [-0.39, 0.29) is 30.5 Å². The van der Waals surface area contributed by atoms with Gasteiger partial charge < -0.3 is 35.1 Å². The zero-order valence-corrected chi connectivity index (χ0v) is 22.6. The molecule has 0 radical (unpaired) electrons. The van der Waals surface area contributed by atoms with Gasteiger partial charge >= 0.3 is 6.16 Å². The van der Waals surface area contributed by atoms with Crippen LogP contribution in [-0.2, 0) is 23.9 Å². The topological polar surface area (TPSA) is 165 Å². The number of aromatic nitrogens is 1. The minimum atomic E-state index is -1.11. The fraction of sp³-hybridized carbons (Fsp3) is 0.519. The lowest BCUT2D eigenvalue weighted by atomic mass is 9.95. The van der Waals surface area contributed by atoms with Gasteiger partial charge in [0.2, 0.25) is 11.8 Å². The van der Waals surface area contributed by atoms with E-state index in [2.05, 4.69) is 25.7 Å². The van der Waals surface area contributed by atoms with Crippen molar-refractivity contribution in [2.45, 2.75) is 52.1 Å². The molecule has 3 rings (SSSR count). The summed E-state index contributed by atoms with van der Waals surface area (Å²) >= 11 is 0. The minimum absolute atomic E-state index is 0.0331. The Hall–Kier alpha value is -4.09. The summed E-state index contributed by atoms with van der Waals surface area (Å²) in [6.07, 6.45) is -0.167. The van der Waals surface area contributed by atoms with E-state index in [1.807, 2.05) is 13.8 Å². The number of benzene rings is 1. The molecule has 0 aliphatic carbocycles. The van der Waals surface area contributed by atoms with Crippen molar-refractivity contribution in [1.29, 1.82) is 0 Å². The van der Waals surface area contributed by atoms with Crippen molar-refractivity contribution in [3.63, 3.8) is 0 Å². The van der Waals surface area contributed by atoms with Gasteiger partial charge in [-0.05, 0) is 50.3 Å². The van der Waals surface area contributed by atoms with Crippen molar-refractivity contribution in [3.8, 4) is 5.75 Å². The quantitative estimate of drug-likeness (QED) is 0.278. The lowest BCUT2D eigenvalue weighted by molar-refractivity contribution is -0.132. The molecular formula is C27H36N4O8. The van der Waals surface area contributed by atoms with Gasteiger partial charge in [0.25, 0.3) is 5.91 Å². The van der Waals surface area contributed by atoms with Crippen LogP contribution in [0, 0.1) is 11.8 Å². The molecule has 0 unspecified atom stereocenters. The maximum absolute atomic E-state index is 13.4. The second kappa shape index (κ2) is 13.6. The van der Waals surface area contributed by atoms with E-state index >= 15 is 0 Å². The summed E-state index contributed by atoms with van der Waals surface area (Å²) < 4.78 is 14.9. The number of carbonyl (C=O) groups excluding carboxylic acids is 5. The van der Waals surface area contributed by atoms with E-state index < -0.39 is 48.4 Å². The van der Waals surface area contributed by atoms with Crippen LogP contribution >= 0.6 is 0 Å². The van der Waals surface area contributed by atoms with Crippen LogP contribution in [0.5, 0.6) is 5.75 Å². The molecule has 2 aromatic rings. The van der Waals surface area contributed by atoms with E-state index in [1.54, 1.807) is 31.2 Å². The predicted octanol–water partition coefficient (Wildman–Crippen LogP) is 2.07. The van der Waals surface area contributed by atoms with Crippen molar-refractivity contribution >= 4 is 40.6 Å². The Morgan fingerprint density at radius 2 is 1.87 bits per heavy atom. The Morgan fingerprint density at radius 3 is 2.51 bits per heavy atom. The molecule has 1 aliphatic rings. The van der Waals surface area contributed by atoms with Crippen LogP contribution in [0.3, 0.4) is 0 Å². The Morgan fingerprint density at radius 1 is 1.10 bits per heavy atom. The third kappa shape index (κ3) is 7.95. The van der Waals surface area contributed by atoms with Gasteiger partial charge in [-0.25, -0.2) is 4.79 Å². The number of ether oxygens (including phenoxy) is 3. The zero-order valence-electron chi connectivity index (χ0n) is 22.6. The first-order chi connectivity index (χ1) is 18.6. The molecule has 212 valence electrons. The molecular weight excluding hydrogens is 508 g/mol. The Kier molecular flexibility index (Phi) is 10.3. The molecule has 12 nitrogen and oxygen atoms in total. The molecule has 12 heteroatoms. The van der Waals surface area contributed by atoms with Crippen LogP contribution in [0.4, 0.5) is 4.79 Å². The summed E-state index contributed by atoms with van der Waals surface area (Å²) in [5, 5.41) is 8.87. The van der Waals surface area contributed by atoms with Gasteiger partial charge in [0.05, 0.1) is 19.8 Å². The van der Waals surface area contributed by atoms with Crippen LogP contribution < -0.4 is 20.7 Å². The highest BCUT2D eigenvalue weighted by atomic mass is 16.7. The number of nitrogens with one attached hydrogen (secondary N) is 4. The van der Waals surface area contributed by atoms with E-state index in [0.717, 1.165) is 5.39 Å². The molecule has 3 atom stereocenters. The molecule has 1 fully saturated rings. The zero-order chi connectivity index (χ0) is 28.5. The van der Waals surface area contributed by atoms with E-state index in [4.69, 9.17) is 9.47 Å². The number of hydrogen-bond acceptors (Lipinski definition) is 8. The maximum Gasteiger partial charge on any atom is 0.508 e. The number of H-pyrrole nitrogens is 1. The molecule has 2 heterocycles. The largest absolute Gasteiger partial charge is 0.508 e. The highest BCUT2D eigenvalue weighted by molar-refractivity contribution is 6.02. The summed E-state index contributed by atoms with van der Waals surface area (Å²) in [5.41, 5.74) is 0.945. The third-order valence-corrected chi connectivity index (χ3v) is 6.40. The number of methoxy groups -OCH3 is 1. The van der Waals surface area contributed by atoms with Gasteiger partial charge in [0.1, 0.15) is 17.5 Å². The molecule has 0 saturated carbocycles. The summed E-state index contributed by atoms with van der Waals surface area (Å²) in [6, 6.07) is 4.95. The fourth-order valence-electron chi connectivity index (χ4n) is 4.45. The van der Waals surface area contributed by atoms with E-state index in [1.165, 1.54) is 7.11 Å². The molecule has 1 aromatic heterocycles. The number of carbonyl (C=O) groups is 5. The number of rotatable bonds is 13. The number of fused-ring (bicyclic) bond motifs is 1. The smallest absolute Gasteiger partial charge is 0.496 e. The van der Waals surface area contributed by atoms with Gasteiger partial charge in [-0.3, -0.25) is 19.2 Å². The monoisotopic (exact) mass is 544 g/mol. The van der Waals surface area contributed by atoms with Crippen molar-refractivity contribution < 1.29 is 38.2 Å². The Balaban J connectivity index is 1.76. The van der Waals surface area contributed by atoms with Crippen LogP contribution in [-0.4, -0.2) is 73.6 Å². The third-order valence-electron chi connectivity index (χ3n) is 6.40.